The fraction of sp³-hybridized carbons (Fsp3) is 0.105. The molecule has 0 atom stereocenters. The molecule has 110 valence electrons. The fourth-order valence-corrected chi connectivity index (χ4v) is 2.98. The van der Waals surface area contributed by atoms with Crippen molar-refractivity contribution < 1.29 is 4.79 Å². The normalized spacial score (nSPS) is 10.6. The third-order valence-electron chi connectivity index (χ3n) is 3.68. The second-order valence-electron chi connectivity index (χ2n) is 5.32. The van der Waals surface area contributed by atoms with E-state index in [2.05, 4.69) is 46.3 Å². The van der Waals surface area contributed by atoms with Crippen molar-refractivity contribution in [2.45, 2.75) is 6.54 Å². The van der Waals surface area contributed by atoms with Crippen molar-refractivity contribution in [1.82, 2.24) is 4.90 Å². The topological polar surface area (TPSA) is 20.3 Å². The molecule has 0 aliphatic carbocycles. The molecule has 0 N–H and O–H groups in total. The van der Waals surface area contributed by atoms with Gasteiger partial charge in [-0.15, -0.1) is 0 Å². The molecule has 0 heterocycles. The molecule has 0 fully saturated rings. The van der Waals surface area contributed by atoms with Crippen LogP contribution in [0.25, 0.3) is 10.8 Å². The van der Waals surface area contributed by atoms with Crippen molar-refractivity contribution in [2.24, 2.45) is 0 Å². The molecule has 3 aromatic rings. The Morgan fingerprint density at radius 1 is 0.955 bits per heavy atom. The van der Waals surface area contributed by atoms with Gasteiger partial charge in [0.1, 0.15) is 0 Å². The molecule has 2 nitrogen and oxygen atoms in total. The summed E-state index contributed by atoms with van der Waals surface area (Å²) < 4.78 is 0.824. The lowest BCUT2D eigenvalue weighted by molar-refractivity contribution is 0.0784. The van der Waals surface area contributed by atoms with Gasteiger partial charge >= 0.3 is 0 Å². The van der Waals surface area contributed by atoms with Gasteiger partial charge in [0.05, 0.1) is 5.56 Å². The number of benzene rings is 3. The summed E-state index contributed by atoms with van der Waals surface area (Å²) in [5.74, 6) is 0.0145. The minimum atomic E-state index is 0.0145. The smallest absolute Gasteiger partial charge is 0.255 e. The van der Waals surface area contributed by atoms with Crippen LogP contribution < -0.4 is 0 Å². The third-order valence-corrected chi connectivity index (χ3v) is 4.38. The molecule has 0 saturated carbocycles. The molecule has 0 spiro atoms. The van der Waals surface area contributed by atoms with E-state index in [-0.39, 0.29) is 5.91 Å². The maximum Gasteiger partial charge on any atom is 0.255 e. The van der Waals surface area contributed by atoms with E-state index in [1.165, 1.54) is 10.8 Å². The molecule has 3 aromatic carbocycles. The zero-order valence-electron chi connectivity index (χ0n) is 12.3. The summed E-state index contributed by atoms with van der Waals surface area (Å²) >= 11 is 3.44. The number of halogens is 1. The Kier molecular flexibility index (Phi) is 4.25. The Bertz CT molecular complexity index is 828. The number of fused-ring (bicyclic) bond motifs is 1. The summed E-state index contributed by atoms with van der Waals surface area (Å²) in [7, 11) is 1.83. The van der Waals surface area contributed by atoms with Gasteiger partial charge in [-0.3, -0.25) is 4.79 Å². The van der Waals surface area contributed by atoms with E-state index in [9.17, 15) is 4.79 Å². The van der Waals surface area contributed by atoms with Crippen LogP contribution in [0.5, 0.6) is 0 Å². The van der Waals surface area contributed by atoms with Gasteiger partial charge in [-0.1, -0.05) is 48.5 Å². The molecule has 0 saturated heterocycles. The number of hydrogen-bond acceptors (Lipinski definition) is 1. The average Bonchev–Trinajstić information content (AvgIpc) is 2.54. The van der Waals surface area contributed by atoms with Crippen molar-refractivity contribution in [3.8, 4) is 0 Å². The first-order chi connectivity index (χ1) is 10.6. The number of nitrogens with zero attached hydrogens (tertiary/aromatic N) is 1. The standard InChI is InChI=1S/C19H16BrNO/c1-21(19(22)17-8-4-5-9-18(17)20)13-14-10-11-15-6-2-3-7-16(15)12-14/h2-12H,13H2,1H3. The monoisotopic (exact) mass is 353 g/mol. The van der Waals surface area contributed by atoms with E-state index >= 15 is 0 Å². The summed E-state index contributed by atoms with van der Waals surface area (Å²) in [5, 5.41) is 2.41. The highest BCUT2D eigenvalue weighted by Crippen LogP contribution is 2.20. The predicted molar refractivity (Wildman–Crippen MR) is 93.9 cm³/mol. The molecule has 0 bridgehead atoms. The van der Waals surface area contributed by atoms with Gasteiger partial charge in [0.25, 0.3) is 5.91 Å². The number of carbonyl (C=O) groups is 1. The predicted octanol–water partition coefficient (Wildman–Crippen LogP) is 4.87. The van der Waals surface area contributed by atoms with Crippen LogP contribution in [0.1, 0.15) is 15.9 Å². The van der Waals surface area contributed by atoms with Crippen molar-refractivity contribution in [1.29, 1.82) is 0 Å². The fourth-order valence-electron chi connectivity index (χ4n) is 2.52. The van der Waals surface area contributed by atoms with Crippen LogP contribution in [0, 0.1) is 0 Å². The van der Waals surface area contributed by atoms with E-state index in [0.717, 1.165) is 10.0 Å². The third kappa shape index (κ3) is 3.04. The molecule has 0 unspecified atom stereocenters. The second kappa shape index (κ2) is 6.32. The van der Waals surface area contributed by atoms with Crippen LogP contribution in [-0.4, -0.2) is 17.9 Å². The molecule has 1 amide bonds. The van der Waals surface area contributed by atoms with Gasteiger partial charge in [0.2, 0.25) is 0 Å². The highest BCUT2D eigenvalue weighted by molar-refractivity contribution is 9.10. The molecule has 22 heavy (non-hydrogen) atoms. The maximum atomic E-state index is 12.5. The Balaban J connectivity index is 1.82. The first-order valence-corrected chi connectivity index (χ1v) is 7.92. The minimum absolute atomic E-state index is 0.0145. The van der Waals surface area contributed by atoms with Gasteiger partial charge in [0.15, 0.2) is 0 Å². The molecule has 0 aromatic heterocycles. The molecule has 0 aliphatic rings. The average molecular weight is 354 g/mol. The Morgan fingerprint density at radius 2 is 1.64 bits per heavy atom. The summed E-state index contributed by atoms with van der Waals surface area (Å²) in [6.07, 6.45) is 0. The first-order valence-electron chi connectivity index (χ1n) is 7.13. The molecule has 3 heteroatoms. The molecule has 0 aliphatic heterocycles. The number of rotatable bonds is 3. The molecular formula is C19H16BrNO. The van der Waals surface area contributed by atoms with E-state index in [1.54, 1.807) is 4.90 Å². The van der Waals surface area contributed by atoms with Gasteiger partial charge < -0.3 is 4.90 Å². The zero-order valence-corrected chi connectivity index (χ0v) is 13.9. The van der Waals surface area contributed by atoms with E-state index in [1.807, 2.05) is 43.4 Å². The zero-order chi connectivity index (χ0) is 15.5. The summed E-state index contributed by atoms with van der Waals surface area (Å²) in [6.45, 7) is 0.588. The highest BCUT2D eigenvalue weighted by Gasteiger charge is 2.14. The van der Waals surface area contributed by atoms with Crippen LogP contribution in [-0.2, 0) is 6.54 Å². The molecule has 0 radical (unpaired) electrons. The van der Waals surface area contributed by atoms with Gasteiger partial charge in [-0.25, -0.2) is 0 Å². The van der Waals surface area contributed by atoms with Gasteiger partial charge in [0, 0.05) is 18.1 Å². The summed E-state index contributed by atoms with van der Waals surface area (Å²) in [4.78, 5) is 14.3. The number of amides is 1. The molecule has 3 rings (SSSR count). The quantitative estimate of drug-likeness (QED) is 0.657. The van der Waals surface area contributed by atoms with Crippen LogP contribution in [0.15, 0.2) is 71.2 Å². The van der Waals surface area contributed by atoms with Gasteiger partial charge in [-0.2, -0.15) is 0 Å². The Labute approximate surface area is 138 Å². The SMILES string of the molecule is CN(Cc1ccc2ccccc2c1)C(=O)c1ccccc1Br. The summed E-state index contributed by atoms with van der Waals surface area (Å²) in [5.41, 5.74) is 1.81. The number of carbonyl (C=O) groups excluding carboxylic acids is 1. The van der Waals surface area contributed by atoms with Crippen molar-refractivity contribution in [2.75, 3.05) is 7.05 Å². The Morgan fingerprint density at radius 3 is 2.41 bits per heavy atom. The lowest BCUT2D eigenvalue weighted by atomic mass is 10.1. The maximum absolute atomic E-state index is 12.5. The Hall–Kier alpha value is -2.13. The van der Waals surface area contributed by atoms with E-state index in [4.69, 9.17) is 0 Å². The second-order valence-corrected chi connectivity index (χ2v) is 6.18. The van der Waals surface area contributed by atoms with Crippen molar-refractivity contribution in [3.05, 3.63) is 82.3 Å². The van der Waals surface area contributed by atoms with E-state index < -0.39 is 0 Å². The van der Waals surface area contributed by atoms with Crippen molar-refractivity contribution in [3.63, 3.8) is 0 Å². The van der Waals surface area contributed by atoms with Crippen molar-refractivity contribution >= 4 is 32.6 Å². The highest BCUT2D eigenvalue weighted by atomic mass is 79.9. The van der Waals surface area contributed by atoms with Crippen LogP contribution in [0.4, 0.5) is 0 Å². The van der Waals surface area contributed by atoms with Crippen LogP contribution in [0.3, 0.4) is 0 Å². The molecular weight excluding hydrogens is 338 g/mol. The van der Waals surface area contributed by atoms with Crippen LogP contribution in [0.2, 0.25) is 0 Å². The lowest BCUT2D eigenvalue weighted by Gasteiger charge is -2.18. The largest absolute Gasteiger partial charge is 0.337 e. The van der Waals surface area contributed by atoms with Gasteiger partial charge in [-0.05, 0) is 50.5 Å². The van der Waals surface area contributed by atoms with Crippen LogP contribution >= 0.6 is 15.9 Å². The lowest BCUT2D eigenvalue weighted by Crippen LogP contribution is -2.26. The first kappa shape index (κ1) is 14.8. The summed E-state index contributed by atoms with van der Waals surface area (Å²) in [6, 6.07) is 22.1. The van der Waals surface area contributed by atoms with E-state index in [0.29, 0.717) is 12.1 Å². The minimum Gasteiger partial charge on any atom is -0.337 e. The number of hydrogen-bond donors (Lipinski definition) is 0.